The molecule has 0 bridgehead atoms. The maximum absolute atomic E-state index is 12.2. The summed E-state index contributed by atoms with van der Waals surface area (Å²) in [6.45, 7) is 2.00. The summed E-state index contributed by atoms with van der Waals surface area (Å²) in [5.41, 5.74) is 7.07. The van der Waals surface area contributed by atoms with Crippen LogP contribution < -0.4 is 11.1 Å². The SMILES string of the molecule is CC1(C(=O)Nc2ccc(C#N)cc2N)CCCC1. The summed E-state index contributed by atoms with van der Waals surface area (Å²) in [6, 6.07) is 6.93. The molecule has 0 saturated heterocycles. The Bertz CT molecular complexity index is 510. The van der Waals surface area contributed by atoms with Gasteiger partial charge in [0.15, 0.2) is 0 Å². The van der Waals surface area contributed by atoms with Crippen molar-refractivity contribution in [3.63, 3.8) is 0 Å². The molecule has 1 aliphatic rings. The first-order valence-corrected chi connectivity index (χ1v) is 6.16. The molecular formula is C14H17N3O. The van der Waals surface area contributed by atoms with Gasteiger partial charge >= 0.3 is 0 Å². The number of anilines is 2. The first kappa shape index (κ1) is 12.4. The standard InChI is InChI=1S/C14H17N3O/c1-14(6-2-3-7-14)13(18)17-12-5-4-10(9-15)8-11(12)16/h4-5,8H,2-3,6-7,16H2,1H3,(H,17,18). The fourth-order valence-electron chi connectivity index (χ4n) is 2.40. The topological polar surface area (TPSA) is 78.9 Å². The highest BCUT2D eigenvalue weighted by molar-refractivity contribution is 5.97. The number of nitriles is 1. The maximum Gasteiger partial charge on any atom is 0.230 e. The fraction of sp³-hybridized carbons (Fsp3) is 0.429. The summed E-state index contributed by atoms with van der Waals surface area (Å²) in [5, 5.41) is 11.6. The molecule has 4 nitrogen and oxygen atoms in total. The van der Waals surface area contributed by atoms with E-state index in [4.69, 9.17) is 11.0 Å². The van der Waals surface area contributed by atoms with Crippen molar-refractivity contribution in [2.45, 2.75) is 32.6 Å². The molecule has 1 saturated carbocycles. The van der Waals surface area contributed by atoms with Crippen LogP contribution in [0.15, 0.2) is 18.2 Å². The van der Waals surface area contributed by atoms with Gasteiger partial charge in [0.1, 0.15) is 0 Å². The van der Waals surface area contributed by atoms with E-state index in [9.17, 15) is 4.79 Å². The maximum atomic E-state index is 12.2. The number of nitrogen functional groups attached to an aromatic ring is 1. The molecule has 0 radical (unpaired) electrons. The highest BCUT2D eigenvalue weighted by Crippen LogP contribution is 2.38. The minimum atomic E-state index is -0.277. The Morgan fingerprint density at radius 2 is 2.11 bits per heavy atom. The Balaban J connectivity index is 2.15. The van der Waals surface area contributed by atoms with Crippen LogP contribution in [0.2, 0.25) is 0 Å². The lowest BCUT2D eigenvalue weighted by atomic mass is 9.88. The lowest BCUT2D eigenvalue weighted by molar-refractivity contribution is -0.124. The average molecular weight is 243 g/mol. The molecule has 0 heterocycles. The van der Waals surface area contributed by atoms with E-state index in [1.54, 1.807) is 18.2 Å². The van der Waals surface area contributed by atoms with Crippen LogP contribution in [0, 0.1) is 16.7 Å². The van der Waals surface area contributed by atoms with Gasteiger partial charge in [-0.2, -0.15) is 5.26 Å². The number of hydrogen-bond acceptors (Lipinski definition) is 3. The minimum Gasteiger partial charge on any atom is -0.397 e. The Hall–Kier alpha value is -2.02. The number of benzene rings is 1. The Morgan fingerprint density at radius 1 is 1.44 bits per heavy atom. The molecule has 3 N–H and O–H groups in total. The fourth-order valence-corrected chi connectivity index (χ4v) is 2.40. The van der Waals surface area contributed by atoms with Gasteiger partial charge in [0.05, 0.1) is 23.0 Å². The molecule has 4 heteroatoms. The van der Waals surface area contributed by atoms with Crippen LogP contribution in [0.5, 0.6) is 0 Å². The molecule has 1 aromatic carbocycles. The van der Waals surface area contributed by atoms with Gasteiger partial charge in [-0.25, -0.2) is 0 Å². The van der Waals surface area contributed by atoms with Gasteiger partial charge in [0.25, 0.3) is 0 Å². The third kappa shape index (κ3) is 2.30. The minimum absolute atomic E-state index is 0.0245. The van der Waals surface area contributed by atoms with E-state index in [1.165, 1.54) is 0 Å². The van der Waals surface area contributed by atoms with Gasteiger partial charge in [0, 0.05) is 5.41 Å². The lowest BCUT2D eigenvalue weighted by Gasteiger charge is -2.22. The largest absolute Gasteiger partial charge is 0.397 e. The number of nitrogens with two attached hydrogens (primary N) is 1. The summed E-state index contributed by atoms with van der Waals surface area (Å²) in [7, 11) is 0. The highest BCUT2D eigenvalue weighted by atomic mass is 16.2. The zero-order valence-corrected chi connectivity index (χ0v) is 10.5. The van der Waals surface area contributed by atoms with E-state index in [-0.39, 0.29) is 11.3 Å². The van der Waals surface area contributed by atoms with E-state index in [0.717, 1.165) is 25.7 Å². The quantitative estimate of drug-likeness (QED) is 0.784. The molecule has 1 aromatic rings. The summed E-state index contributed by atoms with van der Waals surface area (Å²) in [4.78, 5) is 12.2. The zero-order valence-electron chi connectivity index (χ0n) is 10.5. The Labute approximate surface area is 107 Å². The second-order valence-corrected chi connectivity index (χ2v) is 5.14. The van der Waals surface area contributed by atoms with Gasteiger partial charge < -0.3 is 11.1 Å². The second kappa shape index (κ2) is 4.69. The Morgan fingerprint density at radius 3 is 2.67 bits per heavy atom. The highest BCUT2D eigenvalue weighted by Gasteiger charge is 2.36. The average Bonchev–Trinajstić information content (AvgIpc) is 2.80. The van der Waals surface area contributed by atoms with Crippen molar-refractivity contribution in [2.24, 2.45) is 5.41 Å². The second-order valence-electron chi connectivity index (χ2n) is 5.14. The number of carbonyl (C=O) groups excluding carboxylic acids is 1. The van der Waals surface area contributed by atoms with Crippen LogP contribution in [0.4, 0.5) is 11.4 Å². The summed E-state index contributed by atoms with van der Waals surface area (Å²) >= 11 is 0. The van der Waals surface area contributed by atoms with E-state index < -0.39 is 0 Å². The van der Waals surface area contributed by atoms with Gasteiger partial charge in [0.2, 0.25) is 5.91 Å². The van der Waals surface area contributed by atoms with E-state index in [1.807, 2.05) is 13.0 Å². The monoisotopic (exact) mass is 243 g/mol. The smallest absolute Gasteiger partial charge is 0.230 e. The normalized spacial score (nSPS) is 17.1. The van der Waals surface area contributed by atoms with Crippen molar-refractivity contribution >= 4 is 17.3 Å². The molecular weight excluding hydrogens is 226 g/mol. The predicted molar refractivity (Wildman–Crippen MR) is 70.8 cm³/mol. The molecule has 0 aliphatic heterocycles. The molecule has 2 rings (SSSR count). The molecule has 0 atom stereocenters. The molecule has 1 amide bonds. The Kier molecular flexibility index (Phi) is 3.24. The number of amides is 1. The molecule has 0 unspecified atom stereocenters. The van der Waals surface area contributed by atoms with Gasteiger partial charge in [-0.3, -0.25) is 4.79 Å². The number of nitrogens with one attached hydrogen (secondary N) is 1. The van der Waals surface area contributed by atoms with Crippen LogP contribution in [0.1, 0.15) is 38.2 Å². The van der Waals surface area contributed by atoms with Crippen molar-refractivity contribution in [1.82, 2.24) is 0 Å². The van der Waals surface area contributed by atoms with Crippen molar-refractivity contribution in [3.05, 3.63) is 23.8 Å². The third-order valence-electron chi connectivity index (χ3n) is 3.68. The van der Waals surface area contributed by atoms with Crippen molar-refractivity contribution < 1.29 is 4.79 Å². The zero-order chi connectivity index (χ0) is 13.2. The van der Waals surface area contributed by atoms with Crippen molar-refractivity contribution in [3.8, 4) is 6.07 Å². The van der Waals surface area contributed by atoms with Crippen molar-refractivity contribution in [2.75, 3.05) is 11.1 Å². The summed E-state index contributed by atoms with van der Waals surface area (Å²) < 4.78 is 0. The van der Waals surface area contributed by atoms with Crippen LogP contribution in [-0.2, 0) is 4.79 Å². The summed E-state index contributed by atoms with van der Waals surface area (Å²) in [6.07, 6.45) is 4.06. The van der Waals surface area contributed by atoms with Crippen LogP contribution in [0.3, 0.4) is 0 Å². The van der Waals surface area contributed by atoms with Gasteiger partial charge in [-0.15, -0.1) is 0 Å². The van der Waals surface area contributed by atoms with E-state index in [0.29, 0.717) is 16.9 Å². The van der Waals surface area contributed by atoms with Gasteiger partial charge in [-0.05, 0) is 31.0 Å². The molecule has 1 aliphatic carbocycles. The third-order valence-corrected chi connectivity index (χ3v) is 3.68. The first-order chi connectivity index (χ1) is 8.55. The van der Waals surface area contributed by atoms with Gasteiger partial charge in [-0.1, -0.05) is 19.8 Å². The summed E-state index contributed by atoms with van der Waals surface area (Å²) in [5.74, 6) is 0.0245. The van der Waals surface area contributed by atoms with Crippen LogP contribution in [0.25, 0.3) is 0 Å². The number of carbonyl (C=O) groups is 1. The molecule has 0 spiro atoms. The van der Waals surface area contributed by atoms with E-state index >= 15 is 0 Å². The number of hydrogen-bond donors (Lipinski definition) is 2. The van der Waals surface area contributed by atoms with Crippen LogP contribution >= 0.6 is 0 Å². The predicted octanol–water partition coefficient (Wildman–Crippen LogP) is 2.66. The molecule has 18 heavy (non-hydrogen) atoms. The lowest BCUT2D eigenvalue weighted by Crippen LogP contribution is -2.31. The van der Waals surface area contributed by atoms with E-state index in [2.05, 4.69) is 5.32 Å². The first-order valence-electron chi connectivity index (χ1n) is 6.16. The van der Waals surface area contributed by atoms with Crippen molar-refractivity contribution in [1.29, 1.82) is 5.26 Å². The van der Waals surface area contributed by atoms with Crippen LogP contribution in [-0.4, -0.2) is 5.91 Å². The molecule has 1 fully saturated rings. The number of nitrogens with zero attached hydrogens (tertiary/aromatic N) is 1. The molecule has 94 valence electrons. The molecule has 0 aromatic heterocycles. The number of rotatable bonds is 2.